The molecule has 0 saturated carbocycles. The summed E-state index contributed by atoms with van der Waals surface area (Å²) in [5.74, 6) is 0. The van der Waals surface area contributed by atoms with Crippen molar-refractivity contribution in [3.05, 3.63) is 12.2 Å². The molecule has 2 heteroatoms. The minimum Gasteiger partial charge on any atom is -0.353 e. The second-order valence-corrected chi connectivity index (χ2v) is 5.47. The van der Waals surface area contributed by atoms with Crippen molar-refractivity contribution in [3.8, 4) is 0 Å². The first kappa shape index (κ1) is 17.7. The third kappa shape index (κ3) is 13.7. The molecule has 108 valence electrons. The molecule has 0 bridgehead atoms. The molecule has 0 unspecified atom stereocenters. The normalized spacial score (nSPS) is 13.3. The van der Waals surface area contributed by atoms with Gasteiger partial charge in [0.05, 0.1) is 0 Å². The summed E-state index contributed by atoms with van der Waals surface area (Å²) in [6, 6.07) is 0.540. The molecule has 1 atom stereocenters. The van der Waals surface area contributed by atoms with Crippen LogP contribution in [0.2, 0.25) is 0 Å². The summed E-state index contributed by atoms with van der Waals surface area (Å²) in [7, 11) is 0. The number of quaternary nitrogens is 2. The zero-order valence-corrected chi connectivity index (χ0v) is 12.6. The molecule has 0 saturated heterocycles. The standard InChI is InChI=1S/C16H34N2/c1-2-3-4-5-6-7-8-9-10-11-12-13-14-16(18)15-17/h11-12,16H,2-10,13-15,17-18H2,1H3/p+2/b12-11-/t16-/m0/s1. The van der Waals surface area contributed by atoms with Crippen LogP contribution in [0.15, 0.2) is 12.2 Å². The molecule has 0 amide bonds. The number of allylic oxidation sites excluding steroid dienone is 2. The second-order valence-electron chi connectivity index (χ2n) is 5.47. The van der Waals surface area contributed by atoms with Crippen molar-refractivity contribution < 1.29 is 11.5 Å². The van der Waals surface area contributed by atoms with Crippen LogP contribution in [0.5, 0.6) is 0 Å². The molecule has 0 rings (SSSR count). The Bertz CT molecular complexity index is 178. The molecule has 0 aromatic rings. The van der Waals surface area contributed by atoms with Crippen LogP contribution in [0.4, 0.5) is 0 Å². The van der Waals surface area contributed by atoms with Gasteiger partial charge in [0, 0.05) is 6.42 Å². The summed E-state index contributed by atoms with van der Waals surface area (Å²) in [6.45, 7) is 3.24. The van der Waals surface area contributed by atoms with Crippen LogP contribution in [-0.4, -0.2) is 12.6 Å². The highest BCUT2D eigenvalue weighted by Crippen LogP contribution is 2.09. The Hall–Kier alpha value is -0.340. The first-order valence-corrected chi connectivity index (χ1v) is 8.08. The van der Waals surface area contributed by atoms with E-state index in [1.54, 1.807) is 0 Å². The van der Waals surface area contributed by atoms with E-state index < -0.39 is 0 Å². The Kier molecular flexibility index (Phi) is 14.4. The summed E-state index contributed by atoms with van der Waals surface area (Å²) in [6.07, 6.45) is 19.6. The van der Waals surface area contributed by atoms with Gasteiger partial charge < -0.3 is 11.5 Å². The van der Waals surface area contributed by atoms with E-state index in [1.807, 2.05) is 0 Å². The lowest BCUT2D eigenvalue weighted by Gasteiger charge is -2.00. The van der Waals surface area contributed by atoms with Gasteiger partial charge in [-0.2, -0.15) is 0 Å². The van der Waals surface area contributed by atoms with E-state index in [4.69, 9.17) is 0 Å². The average molecular weight is 256 g/mol. The Morgan fingerprint density at radius 2 is 1.39 bits per heavy atom. The molecule has 18 heavy (non-hydrogen) atoms. The molecule has 0 aromatic carbocycles. The molecule has 0 aliphatic heterocycles. The van der Waals surface area contributed by atoms with Crippen molar-refractivity contribution in [1.82, 2.24) is 0 Å². The van der Waals surface area contributed by atoms with Crippen LogP contribution in [0.1, 0.15) is 77.6 Å². The van der Waals surface area contributed by atoms with E-state index in [1.165, 1.54) is 70.6 Å². The topological polar surface area (TPSA) is 55.3 Å². The van der Waals surface area contributed by atoms with Crippen LogP contribution in [0, 0.1) is 0 Å². The zero-order chi connectivity index (χ0) is 13.5. The number of hydrogen-bond donors (Lipinski definition) is 2. The lowest BCUT2D eigenvalue weighted by atomic mass is 10.1. The summed E-state index contributed by atoms with van der Waals surface area (Å²) in [5, 5.41) is 0. The van der Waals surface area contributed by atoms with E-state index >= 15 is 0 Å². The van der Waals surface area contributed by atoms with Crippen molar-refractivity contribution in [2.75, 3.05) is 6.54 Å². The first-order valence-electron chi connectivity index (χ1n) is 8.08. The van der Waals surface area contributed by atoms with Gasteiger partial charge in [-0.1, -0.05) is 64.0 Å². The fourth-order valence-corrected chi connectivity index (χ4v) is 2.11. The van der Waals surface area contributed by atoms with Crippen LogP contribution in [0.25, 0.3) is 0 Å². The minimum absolute atomic E-state index is 0.540. The van der Waals surface area contributed by atoms with Crippen molar-refractivity contribution in [3.63, 3.8) is 0 Å². The molecular weight excluding hydrogens is 220 g/mol. The predicted octanol–water partition coefficient (Wildman–Crippen LogP) is 2.71. The third-order valence-electron chi connectivity index (χ3n) is 3.54. The highest BCUT2D eigenvalue weighted by atomic mass is 14.7. The third-order valence-corrected chi connectivity index (χ3v) is 3.54. The average Bonchev–Trinajstić information content (AvgIpc) is 2.39. The van der Waals surface area contributed by atoms with Crippen LogP contribution >= 0.6 is 0 Å². The lowest BCUT2D eigenvalue weighted by molar-refractivity contribution is -0.494. The Balaban J connectivity index is 3.08. The molecule has 0 heterocycles. The van der Waals surface area contributed by atoms with E-state index in [2.05, 4.69) is 30.5 Å². The monoisotopic (exact) mass is 256 g/mol. The molecule has 0 radical (unpaired) electrons. The number of unbranched alkanes of at least 4 members (excludes halogenated alkanes) is 8. The van der Waals surface area contributed by atoms with Gasteiger partial charge >= 0.3 is 0 Å². The Morgan fingerprint density at radius 3 is 2.00 bits per heavy atom. The first-order chi connectivity index (χ1) is 8.81. The largest absolute Gasteiger partial charge is 0.353 e. The van der Waals surface area contributed by atoms with Crippen molar-refractivity contribution in [2.24, 2.45) is 0 Å². The Labute approximate surface area is 114 Å². The van der Waals surface area contributed by atoms with Gasteiger partial charge in [-0.05, 0) is 19.3 Å². The van der Waals surface area contributed by atoms with E-state index in [0.29, 0.717) is 6.04 Å². The Morgan fingerprint density at radius 1 is 0.833 bits per heavy atom. The van der Waals surface area contributed by atoms with E-state index in [0.717, 1.165) is 6.54 Å². The molecule has 6 N–H and O–H groups in total. The quantitative estimate of drug-likeness (QED) is 0.376. The number of rotatable bonds is 13. The van der Waals surface area contributed by atoms with E-state index in [-0.39, 0.29) is 0 Å². The molecular formula is C16H36N2+2. The maximum absolute atomic E-state index is 4.05. The fourth-order valence-electron chi connectivity index (χ4n) is 2.11. The molecule has 0 aliphatic rings. The SMILES string of the molecule is CCCCCCCCCC/C=C\CC[C@H]([NH3+])C[NH3+]. The maximum atomic E-state index is 4.05. The fraction of sp³-hybridized carbons (Fsp3) is 0.875. The number of hydrogen-bond acceptors (Lipinski definition) is 0. The van der Waals surface area contributed by atoms with Gasteiger partial charge in [0.15, 0.2) is 0 Å². The van der Waals surface area contributed by atoms with Crippen molar-refractivity contribution in [2.45, 2.75) is 83.6 Å². The smallest absolute Gasteiger partial charge is 0.134 e. The van der Waals surface area contributed by atoms with Gasteiger partial charge in [0.2, 0.25) is 0 Å². The summed E-state index contributed by atoms with van der Waals surface area (Å²) in [5.41, 5.74) is 7.92. The van der Waals surface area contributed by atoms with Gasteiger partial charge in [-0.25, -0.2) is 0 Å². The van der Waals surface area contributed by atoms with Crippen molar-refractivity contribution in [1.29, 1.82) is 0 Å². The van der Waals surface area contributed by atoms with Gasteiger partial charge in [-0.15, -0.1) is 0 Å². The van der Waals surface area contributed by atoms with Gasteiger partial charge in [-0.3, -0.25) is 0 Å². The lowest BCUT2D eigenvalue weighted by Crippen LogP contribution is -2.72. The summed E-state index contributed by atoms with van der Waals surface area (Å²) in [4.78, 5) is 0. The van der Waals surface area contributed by atoms with Crippen molar-refractivity contribution >= 4 is 0 Å². The zero-order valence-electron chi connectivity index (χ0n) is 12.6. The van der Waals surface area contributed by atoms with Crippen LogP contribution < -0.4 is 11.5 Å². The molecule has 2 nitrogen and oxygen atoms in total. The molecule has 0 spiro atoms. The summed E-state index contributed by atoms with van der Waals surface area (Å²) >= 11 is 0. The molecule has 0 aromatic heterocycles. The van der Waals surface area contributed by atoms with E-state index in [9.17, 15) is 0 Å². The molecule has 0 aliphatic carbocycles. The van der Waals surface area contributed by atoms with Gasteiger partial charge in [0.25, 0.3) is 0 Å². The predicted molar refractivity (Wildman–Crippen MR) is 80.0 cm³/mol. The van der Waals surface area contributed by atoms with Crippen LogP contribution in [-0.2, 0) is 0 Å². The maximum Gasteiger partial charge on any atom is 0.134 e. The molecule has 0 fully saturated rings. The highest BCUT2D eigenvalue weighted by molar-refractivity contribution is 4.81. The minimum atomic E-state index is 0.540. The van der Waals surface area contributed by atoms with Gasteiger partial charge in [0.1, 0.15) is 12.6 Å². The highest BCUT2D eigenvalue weighted by Gasteiger charge is 2.01. The van der Waals surface area contributed by atoms with Crippen LogP contribution in [0.3, 0.4) is 0 Å². The second kappa shape index (κ2) is 14.7. The summed E-state index contributed by atoms with van der Waals surface area (Å²) < 4.78 is 0.